The Labute approximate surface area is 306 Å². The van der Waals surface area contributed by atoms with Crippen LogP contribution in [-0.2, 0) is 30.7 Å². The molecule has 1 saturated heterocycles. The van der Waals surface area contributed by atoms with E-state index in [4.69, 9.17) is 15.7 Å². The Balaban J connectivity index is 1.18. The molecule has 11 nitrogen and oxygen atoms in total. The Hall–Kier alpha value is -5.23. The highest BCUT2D eigenvalue weighted by atomic mass is 32.1. The summed E-state index contributed by atoms with van der Waals surface area (Å²) in [5, 5.41) is 22.5. The lowest BCUT2D eigenvalue weighted by molar-refractivity contribution is -0.123. The van der Waals surface area contributed by atoms with Gasteiger partial charge < -0.3 is 21.1 Å². The summed E-state index contributed by atoms with van der Waals surface area (Å²) in [7, 11) is 1.71. The fourth-order valence-corrected chi connectivity index (χ4v) is 9.06. The highest BCUT2D eigenvalue weighted by Crippen LogP contribution is 2.68. The molecule has 6 aromatic rings. The molecule has 1 amide bonds. The van der Waals surface area contributed by atoms with E-state index in [2.05, 4.69) is 15.5 Å². The van der Waals surface area contributed by atoms with Crippen molar-refractivity contribution in [3.05, 3.63) is 82.3 Å². The molecule has 280 valence electrons. The number of para-hydroxylation sites is 1. The number of nitrogens with two attached hydrogens (primary N) is 1. The van der Waals surface area contributed by atoms with Crippen LogP contribution in [0.15, 0.2) is 42.5 Å². The number of halogens is 6. The number of aryl methyl sites for hydroxylation is 1. The first-order valence-corrected chi connectivity index (χ1v) is 17.9. The topological polar surface area (TPSA) is 140 Å². The number of rotatable bonds is 9. The number of alkyl halides is 4. The van der Waals surface area contributed by atoms with Gasteiger partial charge in [-0.2, -0.15) is 24.0 Å². The van der Waals surface area contributed by atoms with Crippen molar-refractivity contribution in [3.63, 3.8) is 0 Å². The number of aliphatic hydroxyl groups is 1. The summed E-state index contributed by atoms with van der Waals surface area (Å²) in [5.41, 5.74) is 6.01. The van der Waals surface area contributed by atoms with Crippen LogP contribution in [0.3, 0.4) is 0 Å². The lowest BCUT2D eigenvalue weighted by atomic mass is 9.94. The summed E-state index contributed by atoms with van der Waals surface area (Å²) in [5.74, 6) is -7.67. The zero-order valence-electron chi connectivity index (χ0n) is 28.6. The second kappa shape index (κ2) is 11.9. The van der Waals surface area contributed by atoms with E-state index in [1.54, 1.807) is 36.9 Å². The minimum Gasteiger partial charge on any atom is -0.386 e. The normalized spacial score (nSPS) is 20.0. The third-order valence-electron chi connectivity index (χ3n) is 10.4. The van der Waals surface area contributed by atoms with Gasteiger partial charge in [-0.1, -0.05) is 23.5 Å². The van der Waals surface area contributed by atoms with Gasteiger partial charge in [0.05, 0.1) is 40.6 Å². The van der Waals surface area contributed by atoms with Crippen LogP contribution in [0, 0.1) is 17.6 Å². The van der Waals surface area contributed by atoms with Crippen molar-refractivity contribution in [2.45, 2.75) is 56.2 Å². The number of carbonyl (C=O) groups is 1. The van der Waals surface area contributed by atoms with Crippen molar-refractivity contribution in [1.82, 2.24) is 34.8 Å². The number of anilines is 2. The molecular weight excluding hydrogens is 737 g/mol. The van der Waals surface area contributed by atoms with Gasteiger partial charge in [-0.25, -0.2) is 22.5 Å². The van der Waals surface area contributed by atoms with Gasteiger partial charge in [0, 0.05) is 41.1 Å². The Morgan fingerprint density at radius 3 is 2.52 bits per heavy atom. The van der Waals surface area contributed by atoms with Crippen molar-refractivity contribution in [2.75, 3.05) is 23.7 Å². The minimum atomic E-state index is -3.45. The van der Waals surface area contributed by atoms with Crippen LogP contribution in [0.25, 0.3) is 32.4 Å². The maximum absolute atomic E-state index is 15.4. The quantitative estimate of drug-likeness (QED) is 0.150. The number of β-amino-alcohol motifs (C(OH)–C–C–N with tert-alkyl or cyclic N) is 1. The lowest BCUT2D eigenvalue weighted by Gasteiger charge is -2.43. The molecule has 2 fully saturated rings. The third-order valence-corrected chi connectivity index (χ3v) is 11.5. The van der Waals surface area contributed by atoms with Gasteiger partial charge in [0.1, 0.15) is 29.6 Å². The van der Waals surface area contributed by atoms with Gasteiger partial charge in [-0.05, 0) is 55.5 Å². The van der Waals surface area contributed by atoms with Crippen molar-refractivity contribution in [3.8, 4) is 11.1 Å². The van der Waals surface area contributed by atoms with Crippen molar-refractivity contribution < 1.29 is 36.2 Å². The number of aromatic nitrogens is 6. The molecule has 18 heteroatoms. The summed E-state index contributed by atoms with van der Waals surface area (Å²) >= 11 is 1.33. The number of amides is 1. The number of benzene rings is 2. The Morgan fingerprint density at radius 1 is 1.07 bits per heavy atom. The lowest BCUT2D eigenvalue weighted by Crippen LogP contribution is -2.60. The second-order valence-electron chi connectivity index (χ2n) is 14.6. The number of carbonyl (C=O) groups excluding carboxylic acids is 1. The molecule has 1 saturated carbocycles. The van der Waals surface area contributed by atoms with Gasteiger partial charge in [-0.3, -0.25) is 14.2 Å². The molecule has 5 heterocycles. The van der Waals surface area contributed by atoms with Gasteiger partial charge in [0.15, 0.2) is 16.6 Å². The minimum absolute atomic E-state index is 0.0608. The number of thiazole rings is 1. The smallest absolute Gasteiger partial charge is 0.293 e. The van der Waals surface area contributed by atoms with E-state index in [9.17, 15) is 27.5 Å². The largest absolute Gasteiger partial charge is 0.386 e. The molecule has 2 aliphatic carbocycles. The fraction of sp³-hybridized carbons (Fsp3) is 0.361. The van der Waals surface area contributed by atoms with Gasteiger partial charge in [0.2, 0.25) is 5.91 Å². The number of fused-ring (bicyclic) bond motifs is 5. The van der Waals surface area contributed by atoms with Crippen LogP contribution in [0.1, 0.15) is 59.9 Å². The van der Waals surface area contributed by atoms with Crippen molar-refractivity contribution in [2.24, 2.45) is 13.0 Å². The molecule has 9 rings (SSSR count). The number of hydrogen-bond acceptors (Lipinski definition) is 9. The maximum atomic E-state index is 15.4. The Kier molecular flexibility index (Phi) is 7.60. The molecule has 2 aromatic carbocycles. The van der Waals surface area contributed by atoms with Crippen LogP contribution in [-0.4, -0.2) is 59.2 Å². The van der Waals surface area contributed by atoms with E-state index >= 15 is 8.78 Å². The maximum Gasteiger partial charge on any atom is 0.293 e. The van der Waals surface area contributed by atoms with Gasteiger partial charge >= 0.3 is 0 Å². The average molecular weight is 768 g/mol. The predicted molar refractivity (Wildman–Crippen MR) is 187 cm³/mol. The second-order valence-corrected chi connectivity index (χ2v) is 15.6. The van der Waals surface area contributed by atoms with E-state index in [0.717, 1.165) is 12.1 Å². The molecule has 4 aromatic heterocycles. The van der Waals surface area contributed by atoms with E-state index in [0.29, 0.717) is 55.7 Å². The number of nitrogen functional groups attached to an aromatic ring is 1. The Bertz CT molecular complexity index is 2500. The molecule has 54 heavy (non-hydrogen) atoms. The van der Waals surface area contributed by atoms with Crippen LogP contribution in [0.2, 0.25) is 0 Å². The summed E-state index contributed by atoms with van der Waals surface area (Å²) in [6, 6.07) is 8.92. The molecule has 1 aliphatic heterocycles. The average Bonchev–Trinajstić information content (AvgIpc) is 3.37. The molecule has 0 bridgehead atoms. The summed E-state index contributed by atoms with van der Waals surface area (Å²) in [4.78, 5) is 25.5. The highest BCUT2D eigenvalue weighted by Gasteiger charge is 2.67. The van der Waals surface area contributed by atoms with Crippen molar-refractivity contribution >= 4 is 49.4 Å². The van der Waals surface area contributed by atoms with Crippen LogP contribution in [0.5, 0.6) is 0 Å². The van der Waals surface area contributed by atoms with Gasteiger partial charge in [-0.15, -0.1) is 0 Å². The molecule has 3 atom stereocenters. The van der Waals surface area contributed by atoms with Crippen LogP contribution in [0.4, 0.5) is 37.3 Å². The van der Waals surface area contributed by atoms with Crippen molar-refractivity contribution in [1.29, 1.82) is 0 Å². The number of nitrogens with zero attached hydrogens (tertiary/aromatic N) is 7. The molecule has 3 aliphatic rings. The number of nitrogens with one attached hydrogen (secondary N) is 1. The summed E-state index contributed by atoms with van der Waals surface area (Å²) in [6.45, 7) is 1.56. The molecule has 4 N–H and O–H groups in total. The van der Waals surface area contributed by atoms with E-state index in [1.807, 2.05) is 11.0 Å². The van der Waals surface area contributed by atoms with Gasteiger partial charge in [0.25, 0.3) is 12.3 Å². The predicted octanol–water partition coefficient (Wildman–Crippen LogP) is 6.12. The van der Waals surface area contributed by atoms with E-state index in [-0.39, 0.29) is 41.1 Å². The molecule has 1 unspecified atom stereocenters. The monoisotopic (exact) mass is 767 g/mol. The molecular formula is C36H31F6N9O2S. The number of hydrogen-bond donors (Lipinski definition) is 3. The molecule has 0 spiro atoms. The summed E-state index contributed by atoms with van der Waals surface area (Å²) in [6.07, 6.45) is -3.28. The van der Waals surface area contributed by atoms with E-state index < -0.39 is 71.3 Å². The number of pyridine rings is 1. The van der Waals surface area contributed by atoms with E-state index in [1.165, 1.54) is 11.3 Å². The van der Waals surface area contributed by atoms with Crippen LogP contribution >= 0.6 is 11.3 Å². The Morgan fingerprint density at radius 2 is 1.81 bits per heavy atom. The zero-order chi connectivity index (χ0) is 38.0. The zero-order valence-corrected chi connectivity index (χ0v) is 29.4. The first-order chi connectivity index (χ1) is 25.6. The first kappa shape index (κ1) is 34.5. The first-order valence-electron chi connectivity index (χ1n) is 17.1. The third kappa shape index (κ3) is 5.56. The SMILES string of the molecule is Cn1nc(N)c2cccc(-c3cc4sc(N5CC(C)(O)C5)nc4nc3[C@H](Cc3cc(F)cc(F)c3)NC(=O)Cn3nc(C(F)F)c4c3C(F)(F)[C@@H]3CC43)c21. The standard InChI is InChI=1S/C36H31F6N9O2S/c1-35(53)13-50(14-35)34-46-33-24(54-34)11-20(18-4-3-5-19-29(18)49(2)48-32(19)43)27(45-33)23(8-15-6-16(37)9-17(38)7-15)44-25(52)12-51-30-26(28(47-51)31(39)40)21-10-22(21)36(30,41)42/h3-7,9,11,21-23,31,53H,8,10,12-14H2,1-2H3,(H2,43,48)(H,44,52)/t21?,22-,23+/m1/s1. The summed E-state index contributed by atoms with van der Waals surface area (Å²) < 4.78 is 90.8. The van der Waals surface area contributed by atoms with Crippen LogP contribution < -0.4 is 16.0 Å². The fourth-order valence-electron chi connectivity index (χ4n) is 8.11. The molecule has 0 radical (unpaired) electrons. The highest BCUT2D eigenvalue weighted by molar-refractivity contribution is 7.22.